The molecule has 3 rings (SSSR count). The van der Waals surface area contributed by atoms with Crippen LogP contribution in [0, 0.1) is 10.1 Å². The van der Waals surface area contributed by atoms with Crippen molar-refractivity contribution in [1.29, 1.82) is 0 Å². The van der Waals surface area contributed by atoms with Gasteiger partial charge in [0, 0.05) is 17.8 Å². The lowest BCUT2D eigenvalue weighted by molar-refractivity contribution is -0.384. The number of hydrogen-bond donors (Lipinski definition) is 1. The predicted octanol–water partition coefficient (Wildman–Crippen LogP) is 2.71. The minimum atomic E-state index is -0.416. The molecule has 0 bridgehead atoms. The number of rotatable bonds is 2. The van der Waals surface area contributed by atoms with E-state index < -0.39 is 4.92 Å². The van der Waals surface area contributed by atoms with E-state index in [9.17, 15) is 10.1 Å². The van der Waals surface area contributed by atoms with Crippen molar-refractivity contribution in [2.24, 2.45) is 4.99 Å². The van der Waals surface area contributed by atoms with Crippen LogP contribution in [0.1, 0.15) is 25.7 Å². The maximum absolute atomic E-state index is 10.6. The lowest BCUT2D eigenvalue weighted by Crippen LogP contribution is -2.22. The smallest absolute Gasteiger partial charge is 0.289 e. The topological polar surface area (TPSA) is 76.8 Å². The van der Waals surface area contributed by atoms with Crippen LogP contribution in [0.4, 0.5) is 11.4 Å². The Morgan fingerprint density at radius 2 is 1.95 bits per heavy atom. The minimum Gasteiger partial charge on any atom is -0.462 e. The summed E-state index contributed by atoms with van der Waals surface area (Å²) in [5.41, 5.74) is 0.801. The van der Waals surface area contributed by atoms with Gasteiger partial charge in [0.15, 0.2) is 0 Å². The van der Waals surface area contributed by atoms with Gasteiger partial charge >= 0.3 is 0 Å². The molecular weight excluding hydrogens is 246 g/mol. The summed E-state index contributed by atoms with van der Waals surface area (Å²) in [6, 6.07) is 6.76. The van der Waals surface area contributed by atoms with Crippen molar-refractivity contribution in [2.75, 3.05) is 11.9 Å². The van der Waals surface area contributed by atoms with Crippen molar-refractivity contribution in [3.63, 3.8) is 0 Å². The first-order valence-electron chi connectivity index (χ1n) is 6.41. The summed E-state index contributed by atoms with van der Waals surface area (Å²) in [6.45, 7) is 0.641. The van der Waals surface area contributed by atoms with Gasteiger partial charge in [-0.15, -0.1) is 0 Å². The summed E-state index contributed by atoms with van der Waals surface area (Å²) in [5, 5.41) is 13.6. The van der Waals surface area contributed by atoms with Crippen LogP contribution in [0.5, 0.6) is 0 Å². The maximum Gasteiger partial charge on any atom is 0.289 e. The molecule has 1 N–H and O–H groups in total. The Hall–Kier alpha value is -2.11. The average molecular weight is 261 g/mol. The second-order valence-electron chi connectivity index (χ2n) is 5.07. The molecule has 1 aromatic rings. The van der Waals surface area contributed by atoms with Crippen molar-refractivity contribution in [1.82, 2.24) is 0 Å². The molecule has 1 heterocycles. The molecular formula is C13H15N3O3. The van der Waals surface area contributed by atoms with Crippen molar-refractivity contribution < 1.29 is 9.66 Å². The van der Waals surface area contributed by atoms with E-state index in [0.717, 1.165) is 18.5 Å². The minimum absolute atomic E-state index is 0.0247. The van der Waals surface area contributed by atoms with Gasteiger partial charge in [-0.25, -0.2) is 4.99 Å². The number of hydrogen-bond acceptors (Lipinski definition) is 5. The number of ether oxygens (including phenoxy) is 1. The highest BCUT2D eigenvalue weighted by Gasteiger charge is 2.39. The van der Waals surface area contributed by atoms with Gasteiger partial charge in [-0.1, -0.05) is 12.8 Å². The summed E-state index contributed by atoms with van der Waals surface area (Å²) in [4.78, 5) is 14.8. The Morgan fingerprint density at radius 1 is 1.26 bits per heavy atom. The highest BCUT2D eigenvalue weighted by atomic mass is 16.6. The summed E-state index contributed by atoms with van der Waals surface area (Å²) in [5.74, 6) is 0. The zero-order valence-electron chi connectivity index (χ0n) is 10.5. The number of aliphatic imine (C=N–C) groups is 1. The number of non-ortho nitro benzene ring substituents is 1. The summed E-state index contributed by atoms with van der Waals surface area (Å²) in [6.07, 6.45) is 4.58. The standard InChI is InChI=1S/C13H15N3O3/c17-16(18)11-5-3-10(4-6-11)14-12-15-13(9-19-12)7-1-2-8-13/h3-6H,1-2,7-9H2,(H,14,15). The fraction of sp³-hybridized carbons (Fsp3) is 0.462. The van der Waals surface area contributed by atoms with Gasteiger partial charge in [0.2, 0.25) is 0 Å². The van der Waals surface area contributed by atoms with Crippen molar-refractivity contribution in [3.8, 4) is 0 Å². The third kappa shape index (κ3) is 2.38. The normalized spacial score (nSPS) is 20.1. The van der Waals surface area contributed by atoms with Gasteiger partial charge in [0.1, 0.15) is 12.1 Å². The lowest BCUT2D eigenvalue weighted by atomic mass is 10.0. The third-order valence-corrected chi connectivity index (χ3v) is 3.68. The molecule has 6 nitrogen and oxygen atoms in total. The van der Waals surface area contributed by atoms with Crippen molar-refractivity contribution >= 4 is 17.4 Å². The quantitative estimate of drug-likeness (QED) is 0.656. The highest BCUT2D eigenvalue weighted by Crippen LogP contribution is 2.36. The van der Waals surface area contributed by atoms with E-state index in [1.54, 1.807) is 12.1 Å². The van der Waals surface area contributed by atoms with Crippen molar-refractivity contribution in [2.45, 2.75) is 31.2 Å². The zero-order chi connectivity index (χ0) is 13.3. The van der Waals surface area contributed by atoms with E-state index >= 15 is 0 Å². The molecule has 1 aliphatic heterocycles. The van der Waals surface area contributed by atoms with Crippen LogP contribution in [-0.4, -0.2) is 23.1 Å². The first-order chi connectivity index (χ1) is 9.17. The van der Waals surface area contributed by atoms with Gasteiger partial charge in [0.05, 0.1) is 4.92 Å². The molecule has 0 unspecified atom stereocenters. The molecule has 1 aliphatic carbocycles. The number of amidine groups is 1. The second-order valence-corrected chi connectivity index (χ2v) is 5.07. The molecule has 0 saturated heterocycles. The van der Waals surface area contributed by atoms with E-state index in [4.69, 9.17) is 4.74 Å². The Balaban J connectivity index is 1.70. The number of anilines is 1. The Labute approximate surface area is 110 Å². The van der Waals surface area contributed by atoms with E-state index in [1.807, 2.05) is 0 Å². The largest absolute Gasteiger partial charge is 0.462 e. The Bertz CT molecular complexity index is 518. The van der Waals surface area contributed by atoms with Crippen LogP contribution >= 0.6 is 0 Å². The molecule has 1 aromatic carbocycles. The van der Waals surface area contributed by atoms with Gasteiger partial charge in [-0.3, -0.25) is 10.1 Å². The predicted molar refractivity (Wildman–Crippen MR) is 71.3 cm³/mol. The van der Waals surface area contributed by atoms with E-state index in [2.05, 4.69) is 10.3 Å². The summed E-state index contributed by atoms with van der Waals surface area (Å²) in [7, 11) is 0. The molecule has 2 aliphatic rings. The van der Waals surface area contributed by atoms with Crippen LogP contribution in [0.15, 0.2) is 29.3 Å². The number of nitrogens with one attached hydrogen (secondary N) is 1. The zero-order valence-corrected chi connectivity index (χ0v) is 10.5. The molecule has 0 radical (unpaired) electrons. The summed E-state index contributed by atoms with van der Waals surface area (Å²) >= 11 is 0. The van der Waals surface area contributed by atoms with Gasteiger partial charge in [-0.2, -0.15) is 0 Å². The molecule has 1 fully saturated rings. The fourth-order valence-electron chi connectivity index (χ4n) is 2.63. The van der Waals surface area contributed by atoms with Crippen LogP contribution in [0.3, 0.4) is 0 Å². The van der Waals surface area contributed by atoms with Crippen LogP contribution in [0.25, 0.3) is 0 Å². The van der Waals surface area contributed by atoms with Crippen LogP contribution < -0.4 is 5.32 Å². The van der Waals surface area contributed by atoms with Crippen molar-refractivity contribution in [3.05, 3.63) is 34.4 Å². The molecule has 19 heavy (non-hydrogen) atoms. The molecule has 0 amide bonds. The second kappa shape index (κ2) is 4.53. The van der Waals surface area contributed by atoms with Crippen LogP contribution in [-0.2, 0) is 4.74 Å². The highest BCUT2D eigenvalue weighted by molar-refractivity contribution is 5.90. The number of nitrogens with zero attached hydrogens (tertiary/aromatic N) is 2. The van der Waals surface area contributed by atoms with Gasteiger partial charge < -0.3 is 10.1 Å². The fourth-order valence-corrected chi connectivity index (χ4v) is 2.63. The first kappa shape index (κ1) is 12.0. The average Bonchev–Trinajstić information content (AvgIpc) is 3.01. The third-order valence-electron chi connectivity index (χ3n) is 3.68. The Kier molecular flexibility index (Phi) is 2.85. The molecule has 0 aromatic heterocycles. The van der Waals surface area contributed by atoms with E-state index in [1.165, 1.54) is 25.0 Å². The maximum atomic E-state index is 10.6. The molecule has 0 atom stereocenters. The van der Waals surface area contributed by atoms with Crippen LogP contribution in [0.2, 0.25) is 0 Å². The lowest BCUT2D eigenvalue weighted by Gasteiger charge is -2.14. The SMILES string of the molecule is O=[N+]([O-])c1ccc(NC2=NC3(CCCC3)CO2)cc1. The molecule has 1 saturated carbocycles. The molecule has 6 heteroatoms. The number of nitro benzene ring substituents is 1. The van der Waals surface area contributed by atoms with E-state index in [0.29, 0.717) is 12.6 Å². The number of nitro groups is 1. The summed E-state index contributed by atoms with van der Waals surface area (Å²) < 4.78 is 5.58. The molecule has 100 valence electrons. The first-order valence-corrected chi connectivity index (χ1v) is 6.41. The van der Waals surface area contributed by atoms with Gasteiger partial charge in [0.25, 0.3) is 11.7 Å². The Morgan fingerprint density at radius 3 is 2.58 bits per heavy atom. The number of benzene rings is 1. The monoisotopic (exact) mass is 261 g/mol. The molecule has 1 spiro atoms. The van der Waals surface area contributed by atoms with Gasteiger partial charge in [-0.05, 0) is 25.0 Å². The van der Waals surface area contributed by atoms with E-state index in [-0.39, 0.29) is 11.2 Å².